The molecule has 0 fully saturated rings. The van der Waals surface area contributed by atoms with Crippen LogP contribution in [0.4, 0.5) is 0 Å². The lowest BCUT2D eigenvalue weighted by atomic mass is 9.99. The molecule has 4 rings (SSSR count). The van der Waals surface area contributed by atoms with Gasteiger partial charge in [0, 0.05) is 37.2 Å². The highest BCUT2D eigenvalue weighted by molar-refractivity contribution is 6.32. The third-order valence-corrected chi connectivity index (χ3v) is 8.94. The zero-order valence-corrected chi connectivity index (χ0v) is 27.9. The molecule has 1 aliphatic heterocycles. The lowest BCUT2D eigenvalue weighted by Crippen LogP contribution is -2.54. The number of likely N-dealkylation sites (N-methyl/N-ethyl adjacent to an activating group) is 1. The van der Waals surface area contributed by atoms with Gasteiger partial charge in [-0.2, -0.15) is 0 Å². The second-order valence-corrected chi connectivity index (χ2v) is 12.5. The molecule has 4 atom stereocenters. The maximum absolute atomic E-state index is 14.2. The molecule has 0 radical (unpaired) electrons. The Kier molecular flexibility index (Phi) is 11.8. The Morgan fingerprint density at radius 2 is 1.78 bits per heavy atom. The van der Waals surface area contributed by atoms with Crippen LogP contribution in [0.3, 0.4) is 0 Å². The highest BCUT2D eigenvalue weighted by Crippen LogP contribution is 2.31. The summed E-state index contributed by atoms with van der Waals surface area (Å²) in [7, 11) is 1.50. The Labute approximate surface area is 278 Å². The number of carbonyl (C=O) groups is 4. The van der Waals surface area contributed by atoms with Gasteiger partial charge in [-0.05, 0) is 56.0 Å². The molecule has 10 nitrogen and oxygen atoms in total. The van der Waals surface area contributed by atoms with Crippen molar-refractivity contribution in [1.29, 1.82) is 0 Å². The zero-order valence-electron chi connectivity index (χ0n) is 26.4. The molecule has 3 amide bonds. The molecule has 0 saturated carbocycles. The normalized spacial score (nSPS) is 24.0. The molecule has 2 heterocycles. The van der Waals surface area contributed by atoms with E-state index in [0.717, 1.165) is 16.5 Å². The molecule has 246 valence electrons. The summed E-state index contributed by atoms with van der Waals surface area (Å²) in [5, 5.41) is 16.9. The molecular formula is C34H40Cl2N4O6. The highest BCUT2D eigenvalue weighted by Gasteiger charge is 2.34. The quantitative estimate of drug-likeness (QED) is 0.206. The Hall–Kier alpha value is -4.02. The number of benzene rings is 2. The standard InChI is InChI=1S/C34H40Cl2N4O6/c1-5-22-13-10-19(2)11-15-30(42)37-20(3)34(45)40(4)28(17-24-23-8-6-7-9-26(23)38-32(24)36)33(44)39-27(18-31(43)46-22)21-12-14-29(41)25(35)16-21/h6-10,12,14,16,20,22,27-28,38,41H,5,11,13,15,17-18H2,1-4H3,(H,37,42)(H,39,44)/b19-10+/t20-,22+,27+,28?/m0/s1. The number of nitrogens with one attached hydrogen (secondary N) is 3. The van der Waals surface area contributed by atoms with E-state index in [0.29, 0.717) is 35.5 Å². The SMILES string of the molecule is CC[C@@H]1C/C=C(\C)CCC(=O)N[C@@H](C)C(=O)N(C)C(Cc2c(Cl)[nH]c3ccccc23)C(=O)N[C@@H](c2ccc(O)c(Cl)c2)CC(=O)O1. The van der Waals surface area contributed by atoms with Gasteiger partial charge in [0.1, 0.15) is 29.1 Å². The van der Waals surface area contributed by atoms with Crippen LogP contribution in [0.1, 0.15) is 70.0 Å². The van der Waals surface area contributed by atoms with E-state index in [2.05, 4.69) is 15.6 Å². The number of phenolic OH excluding ortho intramolecular Hbond substituents is 1. The molecular weight excluding hydrogens is 631 g/mol. The summed E-state index contributed by atoms with van der Waals surface area (Å²) in [6.45, 7) is 5.39. The molecule has 0 aliphatic carbocycles. The molecule has 46 heavy (non-hydrogen) atoms. The monoisotopic (exact) mass is 670 g/mol. The molecule has 1 unspecified atom stereocenters. The van der Waals surface area contributed by atoms with Gasteiger partial charge >= 0.3 is 5.97 Å². The third-order valence-electron chi connectivity index (χ3n) is 8.32. The van der Waals surface area contributed by atoms with Crippen molar-refractivity contribution in [1.82, 2.24) is 20.5 Å². The lowest BCUT2D eigenvalue weighted by molar-refractivity contribution is -0.150. The molecule has 4 N–H and O–H groups in total. The summed E-state index contributed by atoms with van der Waals surface area (Å²) in [5.74, 6) is -2.04. The molecule has 0 bridgehead atoms. The van der Waals surface area contributed by atoms with E-state index < -0.39 is 42.0 Å². The number of ether oxygens (including phenoxy) is 1. The van der Waals surface area contributed by atoms with Crippen LogP contribution in [0, 0.1) is 0 Å². The van der Waals surface area contributed by atoms with E-state index in [9.17, 15) is 24.3 Å². The number of hydrogen-bond donors (Lipinski definition) is 4. The predicted octanol–water partition coefficient (Wildman–Crippen LogP) is 5.75. The topological polar surface area (TPSA) is 141 Å². The Bertz CT molecular complexity index is 1640. The molecule has 12 heteroatoms. The Morgan fingerprint density at radius 1 is 1.04 bits per heavy atom. The first-order valence-electron chi connectivity index (χ1n) is 15.3. The number of halogens is 2. The van der Waals surface area contributed by atoms with Crippen LogP contribution in [0.25, 0.3) is 10.9 Å². The van der Waals surface area contributed by atoms with E-state index >= 15 is 0 Å². The first kappa shape index (κ1) is 34.8. The predicted molar refractivity (Wildman–Crippen MR) is 178 cm³/mol. The first-order chi connectivity index (χ1) is 21.9. The van der Waals surface area contributed by atoms with Crippen molar-refractivity contribution in [2.75, 3.05) is 7.05 Å². The second kappa shape index (κ2) is 15.5. The van der Waals surface area contributed by atoms with Crippen LogP contribution in [-0.2, 0) is 30.3 Å². The Balaban J connectivity index is 1.76. The summed E-state index contributed by atoms with van der Waals surface area (Å²) in [6.07, 6.45) is 3.02. The molecule has 3 aromatic rings. The minimum atomic E-state index is -1.10. The van der Waals surface area contributed by atoms with Gasteiger partial charge in [0.25, 0.3) is 0 Å². The minimum absolute atomic E-state index is 0.0347. The van der Waals surface area contributed by atoms with Crippen molar-refractivity contribution in [2.24, 2.45) is 0 Å². The Morgan fingerprint density at radius 3 is 2.50 bits per heavy atom. The van der Waals surface area contributed by atoms with E-state index in [-0.39, 0.29) is 35.9 Å². The van der Waals surface area contributed by atoms with Crippen LogP contribution in [0.15, 0.2) is 54.1 Å². The second-order valence-electron chi connectivity index (χ2n) is 11.7. The van der Waals surface area contributed by atoms with E-state index in [1.54, 1.807) is 13.0 Å². The van der Waals surface area contributed by atoms with Crippen LogP contribution >= 0.6 is 23.2 Å². The molecule has 2 aromatic carbocycles. The van der Waals surface area contributed by atoms with Gasteiger partial charge in [0.2, 0.25) is 17.7 Å². The summed E-state index contributed by atoms with van der Waals surface area (Å²) in [4.78, 5) is 58.4. The minimum Gasteiger partial charge on any atom is -0.506 e. The van der Waals surface area contributed by atoms with Crippen LogP contribution in [-0.4, -0.2) is 63.9 Å². The van der Waals surface area contributed by atoms with E-state index in [1.807, 2.05) is 44.2 Å². The number of aromatic nitrogens is 1. The lowest BCUT2D eigenvalue weighted by Gasteiger charge is -2.31. The number of phenols is 1. The summed E-state index contributed by atoms with van der Waals surface area (Å²) in [5.41, 5.74) is 2.82. The van der Waals surface area contributed by atoms with Crippen LogP contribution in [0.5, 0.6) is 5.75 Å². The maximum Gasteiger partial charge on any atom is 0.308 e. The van der Waals surface area contributed by atoms with Crippen molar-refractivity contribution in [3.8, 4) is 5.75 Å². The van der Waals surface area contributed by atoms with E-state index in [1.165, 1.54) is 24.1 Å². The van der Waals surface area contributed by atoms with Gasteiger partial charge < -0.3 is 30.4 Å². The summed E-state index contributed by atoms with van der Waals surface area (Å²) >= 11 is 12.8. The van der Waals surface area contributed by atoms with E-state index in [4.69, 9.17) is 27.9 Å². The van der Waals surface area contributed by atoms with Gasteiger partial charge in [-0.1, -0.05) is 66.0 Å². The number of allylic oxidation sites excluding steroid dienone is 1. The van der Waals surface area contributed by atoms with Crippen molar-refractivity contribution in [3.05, 3.63) is 75.4 Å². The van der Waals surface area contributed by atoms with Crippen LogP contribution < -0.4 is 10.6 Å². The summed E-state index contributed by atoms with van der Waals surface area (Å²) < 4.78 is 5.80. The van der Waals surface area contributed by atoms with Gasteiger partial charge in [0.05, 0.1) is 17.5 Å². The fraction of sp³-hybridized carbons (Fsp3) is 0.412. The van der Waals surface area contributed by atoms with Crippen molar-refractivity contribution in [2.45, 2.75) is 83.5 Å². The number of fused-ring (bicyclic) bond motifs is 1. The molecule has 1 aliphatic rings. The highest BCUT2D eigenvalue weighted by atomic mass is 35.5. The number of esters is 1. The number of rotatable bonds is 4. The van der Waals surface area contributed by atoms with Gasteiger partial charge in [-0.3, -0.25) is 19.2 Å². The number of nitrogens with zero attached hydrogens (tertiary/aromatic N) is 1. The zero-order chi connectivity index (χ0) is 33.5. The number of para-hydroxylation sites is 1. The number of H-pyrrole nitrogens is 1. The van der Waals surface area contributed by atoms with Crippen LogP contribution in [0.2, 0.25) is 10.2 Å². The maximum atomic E-state index is 14.2. The fourth-order valence-corrected chi connectivity index (χ4v) is 5.97. The molecule has 0 spiro atoms. The van der Waals surface area contributed by atoms with Gasteiger partial charge in [-0.25, -0.2) is 0 Å². The number of hydrogen-bond acceptors (Lipinski definition) is 6. The fourth-order valence-electron chi connectivity index (χ4n) is 5.50. The number of carbonyl (C=O) groups excluding carboxylic acids is 4. The van der Waals surface area contributed by atoms with Crippen molar-refractivity contribution >= 4 is 57.8 Å². The smallest absolute Gasteiger partial charge is 0.308 e. The summed E-state index contributed by atoms with van der Waals surface area (Å²) in [6, 6.07) is 8.93. The number of cyclic esters (lactones) is 1. The number of aromatic amines is 1. The number of amides is 3. The average molecular weight is 672 g/mol. The van der Waals surface area contributed by atoms with Crippen molar-refractivity contribution < 1.29 is 29.0 Å². The molecule has 1 aromatic heterocycles. The average Bonchev–Trinajstić information content (AvgIpc) is 3.34. The first-order valence-corrected chi connectivity index (χ1v) is 16.1. The van der Waals surface area contributed by atoms with Gasteiger partial charge in [-0.15, -0.1) is 0 Å². The third kappa shape index (κ3) is 8.61. The van der Waals surface area contributed by atoms with Crippen molar-refractivity contribution in [3.63, 3.8) is 0 Å². The molecule has 0 saturated heterocycles. The number of aromatic hydroxyl groups is 1. The largest absolute Gasteiger partial charge is 0.506 e. The van der Waals surface area contributed by atoms with Gasteiger partial charge in [0.15, 0.2) is 0 Å².